The smallest absolute Gasteiger partial charge is 0.379 e. The Hall–Kier alpha value is -1.14. The molecule has 1 N–H and O–H groups in total. The predicted molar refractivity (Wildman–Crippen MR) is 145 cm³/mol. The Bertz CT molecular complexity index is 575. The van der Waals surface area contributed by atoms with E-state index in [2.05, 4.69) is 33.0 Å². The van der Waals surface area contributed by atoms with E-state index < -0.39 is 11.5 Å². The van der Waals surface area contributed by atoms with Crippen molar-refractivity contribution in [3.05, 3.63) is 0 Å². The second-order valence-electron chi connectivity index (χ2n) is 11.6. The highest BCUT2D eigenvalue weighted by atomic mass is 16.6. The van der Waals surface area contributed by atoms with Gasteiger partial charge in [0.15, 0.2) is 0 Å². The standard InChI is InChI=1S/C29H57NO5/c1-9-11-13-15-17-21-29(7,20-16-14-12-10-2)25(31)35-26(32)30-23-18-19-28(5,6)34-24-22-27(3,4)33-8/h9-24H2,1-8H3,(H,30,32). The minimum absolute atomic E-state index is 0.200. The molecular weight excluding hydrogens is 442 g/mol. The molecule has 0 radical (unpaired) electrons. The van der Waals surface area contributed by atoms with Crippen LogP contribution in [0.4, 0.5) is 4.79 Å². The van der Waals surface area contributed by atoms with Crippen LogP contribution in [0, 0.1) is 5.41 Å². The maximum absolute atomic E-state index is 13.0. The molecule has 0 bridgehead atoms. The Morgan fingerprint density at radius 1 is 0.686 bits per heavy atom. The molecule has 0 heterocycles. The molecule has 0 aromatic rings. The first-order valence-electron chi connectivity index (χ1n) is 14.1. The fourth-order valence-corrected chi connectivity index (χ4v) is 4.09. The van der Waals surface area contributed by atoms with Crippen LogP contribution in [-0.2, 0) is 19.0 Å². The second-order valence-corrected chi connectivity index (χ2v) is 11.6. The van der Waals surface area contributed by atoms with Gasteiger partial charge in [-0.25, -0.2) is 4.79 Å². The number of nitrogens with one attached hydrogen (secondary N) is 1. The molecule has 0 saturated heterocycles. The fourth-order valence-electron chi connectivity index (χ4n) is 4.09. The maximum Gasteiger partial charge on any atom is 0.414 e. The van der Waals surface area contributed by atoms with Crippen molar-refractivity contribution in [2.45, 2.75) is 150 Å². The highest BCUT2D eigenvalue weighted by Gasteiger charge is 2.35. The fraction of sp³-hybridized carbons (Fsp3) is 0.931. The number of hydrogen-bond donors (Lipinski definition) is 1. The number of alkyl carbamates (subject to hydrolysis) is 1. The topological polar surface area (TPSA) is 73.9 Å². The van der Waals surface area contributed by atoms with Gasteiger partial charge >= 0.3 is 12.1 Å². The minimum Gasteiger partial charge on any atom is -0.379 e. The first kappa shape index (κ1) is 33.9. The number of ether oxygens (including phenoxy) is 3. The SMILES string of the molecule is CCCCCCCC(C)(CCCCCC)C(=O)OC(=O)NCCCC(C)(C)OCCC(C)(C)OC. The summed E-state index contributed by atoms with van der Waals surface area (Å²) in [6, 6.07) is 0. The Labute approximate surface area is 216 Å². The molecule has 0 saturated carbocycles. The molecule has 0 aliphatic carbocycles. The number of amides is 1. The summed E-state index contributed by atoms with van der Waals surface area (Å²) in [4.78, 5) is 25.3. The summed E-state index contributed by atoms with van der Waals surface area (Å²) in [5.74, 6) is -0.383. The van der Waals surface area contributed by atoms with Crippen molar-refractivity contribution in [1.29, 1.82) is 0 Å². The van der Waals surface area contributed by atoms with E-state index in [-0.39, 0.29) is 17.2 Å². The third-order valence-electron chi connectivity index (χ3n) is 7.07. The van der Waals surface area contributed by atoms with Crippen molar-refractivity contribution in [2.24, 2.45) is 5.41 Å². The molecule has 0 aromatic carbocycles. The summed E-state index contributed by atoms with van der Waals surface area (Å²) >= 11 is 0. The summed E-state index contributed by atoms with van der Waals surface area (Å²) in [5.41, 5.74) is -1.09. The van der Waals surface area contributed by atoms with Crippen molar-refractivity contribution >= 4 is 12.1 Å². The molecule has 0 aliphatic rings. The van der Waals surface area contributed by atoms with E-state index >= 15 is 0 Å². The van der Waals surface area contributed by atoms with Crippen molar-refractivity contribution in [3.8, 4) is 0 Å². The van der Waals surface area contributed by atoms with Gasteiger partial charge in [0.25, 0.3) is 0 Å². The van der Waals surface area contributed by atoms with E-state index in [1.165, 1.54) is 25.7 Å². The van der Waals surface area contributed by atoms with E-state index in [9.17, 15) is 9.59 Å². The largest absolute Gasteiger partial charge is 0.414 e. The maximum atomic E-state index is 13.0. The average Bonchev–Trinajstić information content (AvgIpc) is 2.79. The summed E-state index contributed by atoms with van der Waals surface area (Å²) in [7, 11) is 1.71. The Balaban J connectivity index is 4.50. The van der Waals surface area contributed by atoms with Crippen LogP contribution in [0.15, 0.2) is 0 Å². The third kappa shape index (κ3) is 17.0. The Morgan fingerprint density at radius 3 is 1.77 bits per heavy atom. The Morgan fingerprint density at radius 2 is 1.23 bits per heavy atom. The quantitative estimate of drug-likeness (QED) is 0.0984. The van der Waals surface area contributed by atoms with Crippen LogP contribution < -0.4 is 5.32 Å². The molecule has 0 rings (SSSR count). The number of unbranched alkanes of at least 4 members (excludes halogenated alkanes) is 7. The van der Waals surface area contributed by atoms with E-state index in [1.54, 1.807) is 7.11 Å². The third-order valence-corrected chi connectivity index (χ3v) is 7.07. The lowest BCUT2D eigenvalue weighted by atomic mass is 9.79. The van der Waals surface area contributed by atoms with Crippen LogP contribution in [0.2, 0.25) is 0 Å². The van der Waals surface area contributed by atoms with Gasteiger partial charge in [-0.3, -0.25) is 4.79 Å². The summed E-state index contributed by atoms with van der Waals surface area (Å²) in [6.07, 6.45) is 13.5. The molecule has 1 atom stereocenters. The molecular formula is C29H57NO5. The zero-order valence-electron chi connectivity index (χ0n) is 24.4. The monoisotopic (exact) mass is 499 g/mol. The molecule has 208 valence electrons. The van der Waals surface area contributed by atoms with Crippen LogP contribution >= 0.6 is 0 Å². The van der Waals surface area contributed by atoms with Gasteiger partial charge in [-0.2, -0.15) is 0 Å². The van der Waals surface area contributed by atoms with Crippen LogP contribution in [0.25, 0.3) is 0 Å². The number of rotatable bonds is 21. The lowest BCUT2D eigenvalue weighted by Crippen LogP contribution is -2.36. The molecule has 1 unspecified atom stereocenters. The molecule has 0 aromatic heterocycles. The molecule has 1 amide bonds. The summed E-state index contributed by atoms with van der Waals surface area (Å²) in [6.45, 7) is 15.6. The van der Waals surface area contributed by atoms with Crippen molar-refractivity contribution in [1.82, 2.24) is 5.32 Å². The summed E-state index contributed by atoms with van der Waals surface area (Å²) < 4.78 is 16.7. The van der Waals surface area contributed by atoms with Crippen molar-refractivity contribution in [2.75, 3.05) is 20.3 Å². The van der Waals surface area contributed by atoms with E-state index in [0.717, 1.165) is 64.2 Å². The van der Waals surface area contributed by atoms with Gasteiger partial charge in [0.1, 0.15) is 0 Å². The normalized spacial score (nSPS) is 13.9. The molecule has 0 fully saturated rings. The second kappa shape index (κ2) is 18.2. The first-order valence-corrected chi connectivity index (χ1v) is 14.1. The van der Waals surface area contributed by atoms with Crippen molar-refractivity contribution < 1.29 is 23.8 Å². The highest BCUT2D eigenvalue weighted by Crippen LogP contribution is 2.33. The van der Waals surface area contributed by atoms with Crippen LogP contribution in [0.1, 0.15) is 138 Å². The Kier molecular flexibility index (Phi) is 17.6. The molecule has 6 nitrogen and oxygen atoms in total. The van der Waals surface area contributed by atoms with Gasteiger partial charge in [0.05, 0.1) is 23.2 Å². The van der Waals surface area contributed by atoms with E-state index in [4.69, 9.17) is 14.2 Å². The molecule has 6 heteroatoms. The number of hydrogen-bond acceptors (Lipinski definition) is 5. The van der Waals surface area contributed by atoms with Crippen LogP contribution in [-0.4, -0.2) is 43.5 Å². The van der Waals surface area contributed by atoms with Gasteiger partial charge in [0.2, 0.25) is 0 Å². The predicted octanol–water partition coefficient (Wildman–Crippen LogP) is 7.97. The van der Waals surface area contributed by atoms with E-state index in [1.807, 2.05) is 20.8 Å². The first-order chi connectivity index (χ1) is 16.4. The average molecular weight is 500 g/mol. The zero-order valence-corrected chi connectivity index (χ0v) is 24.4. The van der Waals surface area contributed by atoms with Gasteiger partial charge in [-0.05, 0) is 66.7 Å². The number of carbonyl (C=O) groups is 2. The van der Waals surface area contributed by atoms with Gasteiger partial charge in [0, 0.05) is 13.7 Å². The van der Waals surface area contributed by atoms with E-state index in [0.29, 0.717) is 13.2 Å². The van der Waals surface area contributed by atoms with Crippen LogP contribution in [0.3, 0.4) is 0 Å². The van der Waals surface area contributed by atoms with Gasteiger partial charge in [-0.1, -0.05) is 71.6 Å². The van der Waals surface area contributed by atoms with Crippen LogP contribution in [0.5, 0.6) is 0 Å². The highest BCUT2D eigenvalue weighted by molar-refractivity contribution is 5.87. The number of esters is 1. The van der Waals surface area contributed by atoms with Gasteiger partial charge < -0.3 is 19.5 Å². The van der Waals surface area contributed by atoms with Gasteiger partial charge in [-0.15, -0.1) is 0 Å². The summed E-state index contributed by atoms with van der Waals surface area (Å²) in [5, 5.41) is 2.75. The molecule has 0 spiro atoms. The number of carbonyl (C=O) groups excluding carboxylic acids is 2. The van der Waals surface area contributed by atoms with Crippen molar-refractivity contribution in [3.63, 3.8) is 0 Å². The zero-order chi connectivity index (χ0) is 26.8. The lowest BCUT2D eigenvalue weighted by Gasteiger charge is -2.29. The molecule has 0 aliphatic heterocycles. The number of methoxy groups -OCH3 is 1. The lowest BCUT2D eigenvalue weighted by molar-refractivity contribution is -0.149. The minimum atomic E-state index is -0.638. The molecule has 35 heavy (non-hydrogen) atoms.